The first-order valence-corrected chi connectivity index (χ1v) is 10.3. The van der Waals surface area contributed by atoms with E-state index >= 15 is 0 Å². The van der Waals surface area contributed by atoms with Crippen molar-refractivity contribution in [1.29, 1.82) is 0 Å². The molecule has 8 nitrogen and oxygen atoms in total. The number of nitrogens with one attached hydrogen (secondary N) is 3. The molecule has 0 fully saturated rings. The number of hydrogen-bond donors (Lipinski definition) is 3. The zero-order chi connectivity index (χ0) is 19.3. The summed E-state index contributed by atoms with van der Waals surface area (Å²) in [6, 6.07) is 7.62. The minimum absolute atomic E-state index is 0. The lowest BCUT2D eigenvalue weighted by atomic mass is 10.3. The van der Waals surface area contributed by atoms with Gasteiger partial charge in [0.05, 0.1) is 12.4 Å². The number of guanidine groups is 1. The number of rotatable bonds is 12. The molecule has 0 saturated heterocycles. The highest BCUT2D eigenvalue weighted by molar-refractivity contribution is 14.0. The number of halogens is 1. The highest BCUT2D eigenvalue weighted by atomic mass is 127. The van der Waals surface area contributed by atoms with Crippen LogP contribution in [-0.2, 0) is 14.8 Å². The molecule has 1 aromatic carbocycles. The molecule has 156 valence electrons. The second-order valence-corrected chi connectivity index (χ2v) is 7.59. The van der Waals surface area contributed by atoms with Crippen LogP contribution in [0.15, 0.2) is 29.3 Å². The molecule has 0 aliphatic heterocycles. The Balaban J connectivity index is 0.00000676. The number of methoxy groups -OCH3 is 1. The molecular formula is C17H31IN4O4S. The molecule has 0 heterocycles. The van der Waals surface area contributed by atoms with E-state index in [0.29, 0.717) is 38.7 Å². The van der Waals surface area contributed by atoms with Gasteiger partial charge in [0.2, 0.25) is 10.0 Å². The average Bonchev–Trinajstić information content (AvgIpc) is 2.64. The molecule has 0 radical (unpaired) electrons. The molecule has 10 heteroatoms. The van der Waals surface area contributed by atoms with Gasteiger partial charge in [-0.1, -0.05) is 6.07 Å². The summed E-state index contributed by atoms with van der Waals surface area (Å²) < 4.78 is 35.9. The van der Waals surface area contributed by atoms with Crippen LogP contribution in [0, 0.1) is 0 Å². The molecule has 0 aromatic heterocycles. The molecule has 27 heavy (non-hydrogen) atoms. The van der Waals surface area contributed by atoms with Crippen molar-refractivity contribution in [2.24, 2.45) is 4.99 Å². The molecule has 1 rings (SSSR count). The first-order valence-electron chi connectivity index (χ1n) is 8.67. The molecule has 1 aromatic rings. The summed E-state index contributed by atoms with van der Waals surface area (Å²) in [6.45, 7) is 3.87. The van der Waals surface area contributed by atoms with E-state index in [1.54, 1.807) is 21.1 Å². The van der Waals surface area contributed by atoms with Gasteiger partial charge in [0.15, 0.2) is 5.96 Å². The minimum Gasteiger partial charge on any atom is -0.493 e. The Morgan fingerprint density at radius 3 is 2.63 bits per heavy atom. The Morgan fingerprint density at radius 1 is 1.19 bits per heavy atom. The van der Waals surface area contributed by atoms with Crippen molar-refractivity contribution >= 4 is 45.6 Å². The summed E-state index contributed by atoms with van der Waals surface area (Å²) >= 11 is 0. The van der Waals surface area contributed by atoms with E-state index in [1.807, 2.05) is 24.3 Å². The quantitative estimate of drug-likeness (QED) is 0.171. The molecule has 0 aliphatic rings. The maximum absolute atomic E-state index is 11.4. The standard InChI is InChI=1S/C17H30N4O4S.HI/c1-4-26(22,23)20-11-6-10-19-17(18-2)21-15-8-5-9-16(14-15)25-13-7-12-24-3;/h5,8-9,14,20H,4,6-7,10-13H2,1-3H3,(H2,18,19,21);1H. The molecule has 0 atom stereocenters. The van der Waals surface area contributed by atoms with Gasteiger partial charge in [-0.3, -0.25) is 4.99 Å². The van der Waals surface area contributed by atoms with E-state index in [0.717, 1.165) is 17.9 Å². The van der Waals surface area contributed by atoms with Crippen LogP contribution < -0.4 is 20.1 Å². The van der Waals surface area contributed by atoms with E-state index in [9.17, 15) is 8.42 Å². The van der Waals surface area contributed by atoms with Gasteiger partial charge >= 0.3 is 0 Å². The number of benzene rings is 1. The van der Waals surface area contributed by atoms with E-state index in [1.165, 1.54) is 0 Å². The Kier molecular flexibility index (Phi) is 14.3. The first-order chi connectivity index (χ1) is 12.5. The van der Waals surface area contributed by atoms with Gasteiger partial charge in [-0.2, -0.15) is 0 Å². The molecule has 0 bridgehead atoms. The van der Waals surface area contributed by atoms with Crippen LogP contribution in [0.4, 0.5) is 5.69 Å². The second kappa shape index (κ2) is 14.9. The molecular weight excluding hydrogens is 483 g/mol. The predicted octanol–water partition coefficient (Wildman–Crippen LogP) is 2.04. The fraction of sp³-hybridized carbons (Fsp3) is 0.588. The first kappa shape index (κ1) is 25.9. The van der Waals surface area contributed by atoms with Crippen LogP contribution >= 0.6 is 24.0 Å². The van der Waals surface area contributed by atoms with Crippen LogP contribution in [0.2, 0.25) is 0 Å². The van der Waals surface area contributed by atoms with Gasteiger partial charge in [0, 0.05) is 52.0 Å². The zero-order valence-electron chi connectivity index (χ0n) is 16.2. The molecule has 0 saturated carbocycles. The van der Waals surface area contributed by atoms with Crippen LogP contribution in [0.25, 0.3) is 0 Å². The second-order valence-electron chi connectivity index (χ2n) is 5.50. The smallest absolute Gasteiger partial charge is 0.211 e. The number of anilines is 1. The third-order valence-corrected chi connectivity index (χ3v) is 4.83. The maximum atomic E-state index is 11.4. The Hall–Kier alpha value is -1.11. The summed E-state index contributed by atoms with van der Waals surface area (Å²) in [4.78, 5) is 4.16. The maximum Gasteiger partial charge on any atom is 0.211 e. The van der Waals surface area contributed by atoms with Crippen molar-refractivity contribution < 1.29 is 17.9 Å². The van der Waals surface area contributed by atoms with Gasteiger partial charge in [0.1, 0.15) is 5.75 Å². The Morgan fingerprint density at radius 2 is 1.96 bits per heavy atom. The largest absolute Gasteiger partial charge is 0.493 e. The van der Waals surface area contributed by atoms with Crippen molar-refractivity contribution in [3.63, 3.8) is 0 Å². The third kappa shape index (κ3) is 12.1. The summed E-state index contributed by atoms with van der Waals surface area (Å²) in [6.07, 6.45) is 1.49. The highest BCUT2D eigenvalue weighted by Gasteiger charge is 2.05. The Labute approximate surface area is 179 Å². The normalized spacial score (nSPS) is 11.6. The summed E-state index contributed by atoms with van der Waals surface area (Å²) in [5, 5.41) is 6.33. The number of hydrogen-bond acceptors (Lipinski definition) is 5. The minimum atomic E-state index is -3.14. The van der Waals surface area contributed by atoms with E-state index in [4.69, 9.17) is 9.47 Å². The number of aliphatic imine (C=N–C) groups is 1. The van der Waals surface area contributed by atoms with Crippen molar-refractivity contribution in [3.05, 3.63) is 24.3 Å². The zero-order valence-corrected chi connectivity index (χ0v) is 19.3. The number of ether oxygens (including phenoxy) is 2. The number of nitrogens with zero attached hydrogens (tertiary/aromatic N) is 1. The fourth-order valence-corrected chi connectivity index (χ4v) is 2.66. The van der Waals surface area contributed by atoms with E-state index in [-0.39, 0.29) is 29.7 Å². The van der Waals surface area contributed by atoms with Crippen LogP contribution in [0.3, 0.4) is 0 Å². The van der Waals surface area contributed by atoms with Gasteiger partial charge in [-0.05, 0) is 25.5 Å². The summed E-state index contributed by atoms with van der Waals surface area (Å²) in [7, 11) is 0.213. The van der Waals surface area contributed by atoms with Crippen molar-refractivity contribution in [2.75, 3.05) is 51.5 Å². The van der Waals surface area contributed by atoms with Crippen LogP contribution in [0.1, 0.15) is 19.8 Å². The lowest BCUT2D eigenvalue weighted by molar-refractivity contribution is 0.172. The van der Waals surface area contributed by atoms with Gasteiger partial charge in [-0.25, -0.2) is 13.1 Å². The van der Waals surface area contributed by atoms with Crippen LogP contribution in [-0.4, -0.2) is 60.6 Å². The Bertz CT molecular complexity index is 656. The third-order valence-electron chi connectivity index (χ3n) is 3.43. The molecule has 3 N–H and O–H groups in total. The number of sulfonamides is 1. The summed E-state index contributed by atoms with van der Waals surface area (Å²) in [5.41, 5.74) is 0.856. The molecule has 0 aliphatic carbocycles. The lowest BCUT2D eigenvalue weighted by Gasteiger charge is -2.13. The monoisotopic (exact) mass is 514 g/mol. The molecule has 0 unspecified atom stereocenters. The average molecular weight is 514 g/mol. The fourth-order valence-electron chi connectivity index (χ4n) is 2.00. The van der Waals surface area contributed by atoms with E-state index < -0.39 is 10.0 Å². The highest BCUT2D eigenvalue weighted by Crippen LogP contribution is 2.17. The topological polar surface area (TPSA) is 101 Å². The van der Waals surface area contributed by atoms with Crippen molar-refractivity contribution in [3.8, 4) is 5.75 Å². The van der Waals surface area contributed by atoms with Crippen molar-refractivity contribution in [1.82, 2.24) is 10.0 Å². The van der Waals surface area contributed by atoms with Crippen LogP contribution in [0.5, 0.6) is 5.75 Å². The predicted molar refractivity (Wildman–Crippen MR) is 121 cm³/mol. The van der Waals surface area contributed by atoms with Gasteiger partial charge in [0.25, 0.3) is 0 Å². The van der Waals surface area contributed by atoms with E-state index in [2.05, 4.69) is 20.3 Å². The SMILES string of the molecule is CCS(=O)(=O)NCCCNC(=NC)Nc1cccc(OCCCOC)c1.I. The summed E-state index contributed by atoms with van der Waals surface area (Å²) in [5.74, 6) is 1.48. The van der Waals surface area contributed by atoms with Gasteiger partial charge < -0.3 is 20.1 Å². The lowest BCUT2D eigenvalue weighted by Crippen LogP contribution is -2.34. The van der Waals surface area contributed by atoms with Crippen molar-refractivity contribution in [2.45, 2.75) is 19.8 Å². The molecule has 0 spiro atoms. The molecule has 0 amide bonds. The van der Waals surface area contributed by atoms with Gasteiger partial charge in [-0.15, -0.1) is 24.0 Å².